The van der Waals surface area contributed by atoms with Crippen molar-refractivity contribution in [3.63, 3.8) is 0 Å². The summed E-state index contributed by atoms with van der Waals surface area (Å²) in [4.78, 5) is 23.6. The fourth-order valence-electron chi connectivity index (χ4n) is 4.35. The van der Waals surface area contributed by atoms with Gasteiger partial charge in [0.1, 0.15) is 5.75 Å². The van der Waals surface area contributed by atoms with Crippen LogP contribution in [0.2, 0.25) is 0 Å². The first kappa shape index (κ1) is 37.9. The van der Waals surface area contributed by atoms with Gasteiger partial charge in [0.15, 0.2) is 0 Å². The highest BCUT2D eigenvalue weighted by Gasteiger charge is 2.29. The van der Waals surface area contributed by atoms with E-state index < -0.39 is 18.8 Å². The number of aromatic nitrogens is 1. The van der Waals surface area contributed by atoms with Crippen LogP contribution in [-0.2, 0) is 20.7 Å². The third-order valence-electron chi connectivity index (χ3n) is 7.06. The largest absolute Gasteiger partial charge is 0.497 e. The van der Waals surface area contributed by atoms with E-state index in [-0.39, 0.29) is 12.9 Å². The minimum atomic E-state index is -2.10. The van der Waals surface area contributed by atoms with Gasteiger partial charge in [-0.3, -0.25) is 14.3 Å². The molecule has 43 heavy (non-hydrogen) atoms. The van der Waals surface area contributed by atoms with Crippen molar-refractivity contribution in [2.75, 3.05) is 28.0 Å². The fourth-order valence-corrected chi connectivity index (χ4v) is 4.35. The Morgan fingerprint density at radius 3 is 2.14 bits per heavy atom. The van der Waals surface area contributed by atoms with Crippen LogP contribution in [0.5, 0.6) is 5.75 Å². The molecule has 0 atom stereocenters. The van der Waals surface area contributed by atoms with E-state index in [0.717, 1.165) is 6.42 Å². The molecular formula is C34H54N2O7. The van der Waals surface area contributed by atoms with Gasteiger partial charge >= 0.3 is 6.09 Å². The van der Waals surface area contributed by atoms with Crippen LogP contribution in [0.25, 0.3) is 10.9 Å². The van der Waals surface area contributed by atoms with Crippen molar-refractivity contribution in [1.82, 2.24) is 9.47 Å². The number of unbranched alkanes of at least 4 members (excludes halogenated alkanes) is 9. The third kappa shape index (κ3) is 15.2. The van der Waals surface area contributed by atoms with Crippen molar-refractivity contribution in [1.29, 1.82) is 0 Å². The van der Waals surface area contributed by atoms with Gasteiger partial charge in [0, 0.05) is 18.0 Å². The van der Waals surface area contributed by atoms with Gasteiger partial charge in [-0.2, -0.15) is 0 Å². The van der Waals surface area contributed by atoms with Crippen molar-refractivity contribution in [3.8, 4) is 5.75 Å². The topological polar surface area (TPSA) is 110 Å². The molecule has 0 aliphatic rings. The third-order valence-corrected chi connectivity index (χ3v) is 7.06. The Bertz CT molecular complexity index is 1110. The molecule has 242 valence electrons. The molecule has 1 aromatic carbocycles. The summed E-state index contributed by atoms with van der Waals surface area (Å²) in [5.74, 6) is -1.55. The molecule has 1 heterocycles. The second kappa shape index (κ2) is 22.4. The summed E-state index contributed by atoms with van der Waals surface area (Å²) in [5.41, 5.74) is 0.988. The number of methoxy groups -OCH3 is 1. The predicted molar refractivity (Wildman–Crippen MR) is 172 cm³/mol. The average Bonchev–Trinajstić information content (AvgIpc) is 3.34. The number of allylic oxidation sites excluding steroid dienone is 4. The van der Waals surface area contributed by atoms with E-state index in [9.17, 15) is 19.8 Å². The Morgan fingerprint density at radius 2 is 1.53 bits per heavy atom. The number of rotatable bonds is 20. The molecule has 1 aromatic heterocycles. The van der Waals surface area contributed by atoms with Crippen LogP contribution < -0.4 is 4.74 Å². The molecule has 2 rings (SSSR count). The zero-order valence-corrected chi connectivity index (χ0v) is 26.9. The number of carbonyl (C=O) groups excluding carboxylic acids is 2. The number of nitrogens with zero attached hydrogens (tertiary/aromatic N) is 2. The van der Waals surface area contributed by atoms with Crippen LogP contribution in [0, 0.1) is 0 Å². The molecule has 0 spiro atoms. The van der Waals surface area contributed by atoms with E-state index in [1.165, 1.54) is 107 Å². The summed E-state index contributed by atoms with van der Waals surface area (Å²) in [5, 5.41) is 20.8. The van der Waals surface area contributed by atoms with E-state index in [1.54, 1.807) is 18.2 Å². The molecule has 0 saturated carbocycles. The lowest BCUT2D eigenvalue weighted by Crippen LogP contribution is -2.45. The normalized spacial score (nSPS) is 11.7. The van der Waals surface area contributed by atoms with Crippen molar-refractivity contribution in [2.24, 2.45) is 0 Å². The first-order valence-electron chi connectivity index (χ1n) is 15.5. The number of benzene rings is 1. The number of aliphatic hydroxyl groups is 2. The monoisotopic (exact) mass is 602 g/mol. The Morgan fingerprint density at radius 1 is 0.930 bits per heavy atom. The molecule has 0 amide bonds. The smallest absolute Gasteiger partial charge is 0.421 e. The zero-order valence-electron chi connectivity index (χ0n) is 26.9. The van der Waals surface area contributed by atoms with Gasteiger partial charge in [-0.1, -0.05) is 83.1 Å². The zero-order chi connectivity index (χ0) is 31.9. The van der Waals surface area contributed by atoms with Crippen LogP contribution in [0.3, 0.4) is 0 Å². The second-order valence-electron chi connectivity index (χ2n) is 10.8. The molecular weight excluding hydrogens is 548 g/mol. The summed E-state index contributed by atoms with van der Waals surface area (Å²) in [6.07, 6.45) is 26.0. The number of likely N-dealkylation sites (N-methyl/N-ethyl adjacent to an activating group) is 1. The molecule has 0 unspecified atom stereocenters. The molecule has 2 aromatic rings. The lowest BCUT2D eigenvalue weighted by Gasteiger charge is -2.28. The highest BCUT2D eigenvalue weighted by Crippen LogP contribution is 2.29. The van der Waals surface area contributed by atoms with Gasteiger partial charge in [-0.05, 0) is 70.0 Å². The maximum Gasteiger partial charge on any atom is 0.421 e. The molecule has 0 bridgehead atoms. The van der Waals surface area contributed by atoms with Crippen molar-refractivity contribution in [3.05, 3.63) is 54.3 Å². The molecule has 9 nitrogen and oxygen atoms in total. The summed E-state index contributed by atoms with van der Waals surface area (Å²) in [7, 11) is 4.54. The van der Waals surface area contributed by atoms with Crippen LogP contribution in [0.4, 0.5) is 4.79 Å². The molecule has 0 radical (unpaired) electrons. The summed E-state index contributed by atoms with van der Waals surface area (Å²) in [6, 6.07) is 4.99. The molecule has 9 heteroatoms. The van der Waals surface area contributed by atoms with E-state index in [2.05, 4.69) is 42.9 Å². The summed E-state index contributed by atoms with van der Waals surface area (Å²) >= 11 is 0. The Balaban J connectivity index is 0.000000457. The van der Waals surface area contributed by atoms with E-state index in [4.69, 9.17) is 9.47 Å². The Kier molecular flexibility index (Phi) is 19.7. The van der Waals surface area contributed by atoms with Gasteiger partial charge in [-0.15, -0.1) is 0 Å². The maximum atomic E-state index is 12.2. The summed E-state index contributed by atoms with van der Waals surface area (Å²) in [6.45, 7) is 4.18. The molecule has 2 N–H and O–H groups in total. The van der Waals surface area contributed by atoms with Crippen LogP contribution >= 0.6 is 0 Å². The molecule has 0 saturated heterocycles. The number of carbonyl (C=O) groups is 2. The van der Waals surface area contributed by atoms with Crippen LogP contribution in [-0.4, -0.2) is 66.2 Å². The predicted octanol–water partition coefficient (Wildman–Crippen LogP) is 7.33. The highest BCUT2D eigenvalue weighted by molar-refractivity contribution is 5.92. The first-order valence-corrected chi connectivity index (χ1v) is 15.5. The van der Waals surface area contributed by atoms with Gasteiger partial charge in [0.2, 0.25) is 12.7 Å². The van der Waals surface area contributed by atoms with Gasteiger partial charge < -0.3 is 24.4 Å². The number of hydrogen-bond acceptors (Lipinski definition) is 8. The van der Waals surface area contributed by atoms with Gasteiger partial charge in [0.25, 0.3) is 6.47 Å². The standard InChI is InChI=1S/C18H34.C16H20N2O7/c1-3-5-7-9-11-13-15-17-18-16-14-12-10-8-6-4-2;1-17(2)16(21,22)7-11-8-18(15(20)25-10-24-9-19)14-5-4-12(23-3)6-13(11)14/h11,13,17-18H,3-10,12,14-16H2,1-2H3;4-6,8-9,21-22H,7,10H2,1-3H3/b13-11-,18-17-;. The molecule has 0 fully saturated rings. The van der Waals surface area contributed by atoms with Crippen molar-refractivity contribution >= 4 is 23.5 Å². The quantitative estimate of drug-likeness (QED) is 0.0702. The second-order valence-corrected chi connectivity index (χ2v) is 10.8. The van der Waals surface area contributed by atoms with E-state index in [1.807, 2.05) is 0 Å². The lowest BCUT2D eigenvalue weighted by atomic mass is 10.1. The van der Waals surface area contributed by atoms with Crippen LogP contribution in [0.15, 0.2) is 48.7 Å². The molecule has 0 aliphatic heterocycles. The highest BCUT2D eigenvalue weighted by atomic mass is 16.7. The van der Waals surface area contributed by atoms with Crippen molar-refractivity contribution < 1.29 is 34.0 Å². The number of ether oxygens (including phenoxy) is 3. The Labute approximate surface area is 258 Å². The Hall–Kier alpha value is -3.14. The van der Waals surface area contributed by atoms with Gasteiger partial charge in [-0.25, -0.2) is 4.79 Å². The summed E-state index contributed by atoms with van der Waals surface area (Å²) < 4.78 is 15.6. The van der Waals surface area contributed by atoms with Gasteiger partial charge in [0.05, 0.1) is 12.6 Å². The fraction of sp³-hybridized carbons (Fsp3) is 0.588. The average molecular weight is 603 g/mol. The van der Waals surface area contributed by atoms with Crippen molar-refractivity contribution in [2.45, 2.75) is 103 Å². The minimum absolute atomic E-state index is 0.158. The molecule has 0 aliphatic carbocycles. The lowest BCUT2D eigenvalue weighted by molar-refractivity contribution is -0.247. The maximum absolute atomic E-state index is 12.2. The van der Waals surface area contributed by atoms with E-state index in [0.29, 0.717) is 22.2 Å². The number of fused-ring (bicyclic) bond motifs is 1. The SMILES string of the molecule is CCCCC/C=C\C/C=C\CCCCCCCC.COc1ccc2c(c1)c(CC(O)(O)N(C)C)cn2C(=O)OCOC=O. The van der Waals surface area contributed by atoms with E-state index >= 15 is 0 Å². The minimum Gasteiger partial charge on any atom is -0.497 e. The number of hydrogen-bond donors (Lipinski definition) is 2. The first-order chi connectivity index (χ1) is 20.7. The van der Waals surface area contributed by atoms with Crippen LogP contribution in [0.1, 0.15) is 96.5 Å².